The maximum absolute atomic E-state index is 13.6. The van der Waals surface area contributed by atoms with Crippen LogP contribution in [-0.2, 0) is 0 Å². The number of carbonyl (C=O) groups excluding carboxylic acids is 1. The lowest BCUT2D eigenvalue weighted by Gasteiger charge is -2.32. The van der Waals surface area contributed by atoms with Crippen LogP contribution in [0, 0.1) is 11.6 Å². The largest absolute Gasteiger partial charge is 0.487 e. The SMILES string of the molecule is Nc1c(C(=O)N2CCC(Oc3ccc(F)cc3F)CC2)[nH]c(=O)[nH]c1=O. The van der Waals surface area contributed by atoms with Gasteiger partial charge in [0.05, 0.1) is 0 Å². The maximum Gasteiger partial charge on any atom is 0.326 e. The Kier molecular flexibility index (Phi) is 4.74. The number of hydrogen-bond acceptors (Lipinski definition) is 5. The Morgan fingerprint density at radius 3 is 2.54 bits per heavy atom. The molecule has 1 aromatic heterocycles. The first kappa shape index (κ1) is 17.6. The fourth-order valence-electron chi connectivity index (χ4n) is 2.75. The van der Waals surface area contributed by atoms with Gasteiger partial charge in [-0.25, -0.2) is 13.6 Å². The fourth-order valence-corrected chi connectivity index (χ4v) is 2.75. The summed E-state index contributed by atoms with van der Waals surface area (Å²) < 4.78 is 32.1. The smallest absolute Gasteiger partial charge is 0.326 e. The highest BCUT2D eigenvalue weighted by molar-refractivity contribution is 5.96. The van der Waals surface area contributed by atoms with Crippen LogP contribution in [0.1, 0.15) is 23.3 Å². The molecule has 1 saturated heterocycles. The van der Waals surface area contributed by atoms with Gasteiger partial charge < -0.3 is 20.4 Å². The molecule has 26 heavy (non-hydrogen) atoms. The number of piperidine rings is 1. The Morgan fingerprint density at radius 2 is 1.88 bits per heavy atom. The number of nitrogens with zero attached hydrogens (tertiary/aromatic N) is 1. The van der Waals surface area contributed by atoms with Crippen molar-refractivity contribution in [2.45, 2.75) is 18.9 Å². The third-order valence-electron chi connectivity index (χ3n) is 4.11. The van der Waals surface area contributed by atoms with Crippen LogP contribution in [0.3, 0.4) is 0 Å². The highest BCUT2D eigenvalue weighted by Crippen LogP contribution is 2.23. The van der Waals surface area contributed by atoms with Crippen molar-refractivity contribution >= 4 is 11.6 Å². The zero-order valence-electron chi connectivity index (χ0n) is 13.6. The Balaban J connectivity index is 1.66. The number of anilines is 1. The standard InChI is InChI=1S/C16H16F2N4O4/c17-8-1-2-11(10(18)7-8)26-9-3-5-22(6-4-9)15(24)13-12(19)14(23)21-16(25)20-13/h1-2,7,9H,3-6,19H2,(H2,20,21,23,25). The summed E-state index contributed by atoms with van der Waals surface area (Å²) in [6.07, 6.45) is 0.445. The molecule has 0 spiro atoms. The van der Waals surface area contributed by atoms with Crippen LogP contribution >= 0.6 is 0 Å². The van der Waals surface area contributed by atoms with Gasteiger partial charge in [-0.05, 0) is 12.1 Å². The molecule has 4 N–H and O–H groups in total. The molecule has 0 unspecified atom stereocenters. The highest BCUT2D eigenvalue weighted by Gasteiger charge is 2.27. The summed E-state index contributed by atoms with van der Waals surface area (Å²) in [5.41, 5.74) is 3.28. The van der Waals surface area contributed by atoms with Gasteiger partial charge in [0, 0.05) is 32.0 Å². The van der Waals surface area contributed by atoms with Crippen molar-refractivity contribution in [2.24, 2.45) is 0 Å². The van der Waals surface area contributed by atoms with Gasteiger partial charge in [0.15, 0.2) is 11.6 Å². The first-order chi connectivity index (χ1) is 12.3. The van der Waals surface area contributed by atoms with Gasteiger partial charge in [0.25, 0.3) is 11.5 Å². The number of H-pyrrole nitrogens is 2. The second-order valence-electron chi connectivity index (χ2n) is 5.88. The van der Waals surface area contributed by atoms with Crippen LogP contribution in [0.4, 0.5) is 14.5 Å². The first-order valence-electron chi connectivity index (χ1n) is 7.88. The molecule has 1 amide bonds. The Labute approximate surface area is 145 Å². The lowest BCUT2D eigenvalue weighted by Crippen LogP contribution is -2.43. The van der Waals surface area contributed by atoms with E-state index in [1.807, 2.05) is 4.98 Å². The number of ether oxygens (including phenoxy) is 1. The average Bonchev–Trinajstić information content (AvgIpc) is 2.60. The van der Waals surface area contributed by atoms with Gasteiger partial charge in [0.1, 0.15) is 23.3 Å². The minimum absolute atomic E-state index is 0.0562. The molecule has 1 aliphatic heterocycles. The minimum atomic E-state index is -0.831. The monoisotopic (exact) mass is 366 g/mol. The first-order valence-corrected chi connectivity index (χ1v) is 7.88. The van der Waals surface area contributed by atoms with Crippen LogP contribution in [0.25, 0.3) is 0 Å². The number of hydrogen-bond donors (Lipinski definition) is 3. The topological polar surface area (TPSA) is 121 Å². The van der Waals surface area contributed by atoms with Gasteiger partial charge in [-0.15, -0.1) is 0 Å². The van der Waals surface area contributed by atoms with E-state index in [9.17, 15) is 23.2 Å². The maximum atomic E-state index is 13.6. The number of nitrogen functional groups attached to an aromatic ring is 1. The van der Waals surface area contributed by atoms with E-state index in [0.717, 1.165) is 12.1 Å². The van der Waals surface area contributed by atoms with E-state index in [-0.39, 0.29) is 36.3 Å². The van der Waals surface area contributed by atoms with Crippen molar-refractivity contribution in [3.8, 4) is 5.75 Å². The number of halogens is 2. The lowest BCUT2D eigenvalue weighted by atomic mass is 10.1. The van der Waals surface area contributed by atoms with Crippen LogP contribution < -0.4 is 21.7 Å². The van der Waals surface area contributed by atoms with Crippen molar-refractivity contribution < 1.29 is 18.3 Å². The number of benzene rings is 1. The molecular formula is C16H16F2N4O4. The predicted octanol–water partition coefficient (Wildman–Crippen LogP) is 0.607. The number of aromatic amines is 2. The number of nitrogens with one attached hydrogen (secondary N) is 2. The van der Waals surface area contributed by atoms with Crippen LogP contribution in [0.5, 0.6) is 5.75 Å². The van der Waals surface area contributed by atoms with Gasteiger partial charge in [-0.2, -0.15) is 0 Å². The van der Waals surface area contributed by atoms with Crippen molar-refractivity contribution in [3.63, 3.8) is 0 Å². The highest BCUT2D eigenvalue weighted by atomic mass is 19.1. The van der Waals surface area contributed by atoms with Gasteiger partial charge in [0.2, 0.25) is 0 Å². The molecule has 10 heteroatoms. The molecule has 8 nitrogen and oxygen atoms in total. The molecule has 1 aromatic carbocycles. The number of nitrogens with two attached hydrogens (primary N) is 1. The molecular weight excluding hydrogens is 350 g/mol. The number of amides is 1. The average molecular weight is 366 g/mol. The minimum Gasteiger partial charge on any atom is -0.487 e. The van der Waals surface area contributed by atoms with Crippen molar-refractivity contribution in [1.82, 2.24) is 14.9 Å². The van der Waals surface area contributed by atoms with Crippen molar-refractivity contribution in [3.05, 3.63) is 56.4 Å². The fraction of sp³-hybridized carbons (Fsp3) is 0.312. The molecule has 1 aliphatic rings. The van der Waals surface area contributed by atoms with E-state index in [1.54, 1.807) is 0 Å². The molecule has 2 aromatic rings. The second-order valence-corrected chi connectivity index (χ2v) is 5.88. The van der Waals surface area contributed by atoms with Gasteiger partial charge >= 0.3 is 5.69 Å². The summed E-state index contributed by atoms with van der Waals surface area (Å²) in [5.74, 6) is -2.12. The molecule has 0 aliphatic carbocycles. The summed E-state index contributed by atoms with van der Waals surface area (Å²) in [5, 5.41) is 0. The van der Waals surface area contributed by atoms with Crippen LogP contribution in [-0.4, -0.2) is 40.0 Å². The Hall–Kier alpha value is -3.17. The summed E-state index contributed by atoms with van der Waals surface area (Å²) in [4.78, 5) is 40.9. The third-order valence-corrected chi connectivity index (χ3v) is 4.11. The van der Waals surface area contributed by atoms with Gasteiger partial charge in [-0.3, -0.25) is 14.6 Å². The van der Waals surface area contributed by atoms with E-state index in [0.29, 0.717) is 12.8 Å². The molecule has 0 radical (unpaired) electrons. The number of rotatable bonds is 3. The summed E-state index contributed by atoms with van der Waals surface area (Å²) in [7, 11) is 0. The normalized spacial score (nSPS) is 15.1. The summed E-state index contributed by atoms with van der Waals surface area (Å²) in [6, 6.07) is 3.05. The second kappa shape index (κ2) is 6.98. The number of likely N-dealkylation sites (tertiary alicyclic amines) is 1. The van der Waals surface area contributed by atoms with Crippen molar-refractivity contribution in [1.29, 1.82) is 0 Å². The molecule has 0 atom stereocenters. The predicted molar refractivity (Wildman–Crippen MR) is 88.0 cm³/mol. The van der Waals surface area contributed by atoms with E-state index in [4.69, 9.17) is 10.5 Å². The van der Waals surface area contributed by atoms with Gasteiger partial charge in [-0.1, -0.05) is 0 Å². The Bertz CT molecular complexity index is 948. The van der Waals surface area contributed by atoms with E-state index >= 15 is 0 Å². The zero-order chi connectivity index (χ0) is 18.8. The summed E-state index contributed by atoms with van der Waals surface area (Å²) >= 11 is 0. The molecule has 138 valence electrons. The molecule has 0 bridgehead atoms. The van der Waals surface area contributed by atoms with E-state index < -0.39 is 28.8 Å². The molecule has 0 saturated carbocycles. The zero-order valence-corrected chi connectivity index (χ0v) is 13.6. The van der Waals surface area contributed by atoms with Crippen LogP contribution in [0.15, 0.2) is 27.8 Å². The van der Waals surface area contributed by atoms with Crippen molar-refractivity contribution in [2.75, 3.05) is 18.8 Å². The quantitative estimate of drug-likeness (QED) is 0.735. The summed E-state index contributed by atoms with van der Waals surface area (Å²) in [6.45, 7) is 0.529. The molecule has 2 heterocycles. The molecule has 3 rings (SSSR count). The lowest BCUT2D eigenvalue weighted by molar-refractivity contribution is 0.0583. The van der Waals surface area contributed by atoms with Crippen LogP contribution in [0.2, 0.25) is 0 Å². The van der Waals surface area contributed by atoms with E-state index in [1.165, 1.54) is 11.0 Å². The number of carbonyl (C=O) groups is 1. The molecule has 1 fully saturated rings. The number of aromatic nitrogens is 2. The Morgan fingerprint density at radius 1 is 1.19 bits per heavy atom. The van der Waals surface area contributed by atoms with E-state index in [2.05, 4.69) is 4.98 Å². The third kappa shape index (κ3) is 3.58.